The highest BCUT2D eigenvalue weighted by Gasteiger charge is 2.66. The van der Waals surface area contributed by atoms with Crippen molar-refractivity contribution in [3.8, 4) is 11.1 Å². The minimum absolute atomic E-state index is 0.0308. The number of nitrogens with zero attached hydrogens (tertiary/aromatic N) is 3. The molecule has 4 aromatic heterocycles. The second kappa shape index (κ2) is 7.41. The molecule has 6 aromatic rings. The average molecular weight is 612 g/mol. The van der Waals surface area contributed by atoms with E-state index < -0.39 is 0 Å². The fourth-order valence-electron chi connectivity index (χ4n) is 15.2. The van der Waals surface area contributed by atoms with Crippen LogP contribution in [0.5, 0.6) is 0 Å². The van der Waals surface area contributed by atoms with Gasteiger partial charge in [-0.2, -0.15) is 0 Å². The van der Waals surface area contributed by atoms with Gasteiger partial charge in [-0.1, -0.05) is 38.1 Å². The quantitative estimate of drug-likeness (QED) is 0.171. The molecular formula is C44H41N3. The first-order valence-corrected chi connectivity index (χ1v) is 19.2. The molecule has 0 amide bonds. The zero-order chi connectivity index (χ0) is 30.3. The second-order valence-electron chi connectivity index (χ2n) is 18.7. The molecule has 47 heavy (non-hydrogen) atoms. The van der Waals surface area contributed by atoms with Crippen LogP contribution in [-0.4, -0.2) is 14.4 Å². The maximum atomic E-state index is 5.55. The Kier molecular flexibility index (Phi) is 3.89. The molecule has 0 N–H and O–H groups in total. The summed E-state index contributed by atoms with van der Waals surface area (Å²) in [4.78, 5) is 11.0. The van der Waals surface area contributed by atoms with Crippen molar-refractivity contribution in [2.45, 2.75) is 107 Å². The number of hydrogen-bond donors (Lipinski definition) is 0. The van der Waals surface area contributed by atoms with E-state index in [2.05, 4.69) is 61.0 Å². The minimum Gasteiger partial charge on any atom is -0.305 e. The molecule has 0 saturated heterocycles. The third-order valence-corrected chi connectivity index (χ3v) is 16.6. The van der Waals surface area contributed by atoms with E-state index in [1.165, 1.54) is 114 Å². The molecule has 7 bridgehead atoms. The highest BCUT2D eigenvalue weighted by atomic mass is 15.0. The molecule has 3 heteroatoms. The van der Waals surface area contributed by atoms with E-state index in [4.69, 9.17) is 9.97 Å². The number of pyridine rings is 2. The number of benzene rings is 2. The van der Waals surface area contributed by atoms with Crippen LogP contribution in [0.1, 0.15) is 135 Å². The van der Waals surface area contributed by atoms with Gasteiger partial charge in [0.2, 0.25) is 0 Å². The summed E-state index contributed by atoms with van der Waals surface area (Å²) in [6.07, 6.45) is 18.7. The third kappa shape index (κ3) is 2.49. The van der Waals surface area contributed by atoms with Crippen molar-refractivity contribution in [3.63, 3.8) is 0 Å². The zero-order valence-electron chi connectivity index (χ0n) is 27.6. The number of hydrogen-bond acceptors (Lipinski definition) is 2. The van der Waals surface area contributed by atoms with E-state index in [9.17, 15) is 0 Å². The van der Waals surface area contributed by atoms with E-state index >= 15 is 0 Å². The van der Waals surface area contributed by atoms with Crippen molar-refractivity contribution in [2.75, 3.05) is 0 Å². The van der Waals surface area contributed by atoms with Crippen LogP contribution >= 0.6 is 0 Å². The van der Waals surface area contributed by atoms with Crippen LogP contribution in [0.2, 0.25) is 0 Å². The Morgan fingerprint density at radius 3 is 2.17 bits per heavy atom. The van der Waals surface area contributed by atoms with Gasteiger partial charge in [0.1, 0.15) is 0 Å². The molecule has 0 radical (unpaired) electrons. The van der Waals surface area contributed by atoms with Crippen LogP contribution in [0.4, 0.5) is 0 Å². The maximum Gasteiger partial charge on any atom is 0.0728 e. The molecule has 9 aliphatic carbocycles. The van der Waals surface area contributed by atoms with Gasteiger partial charge in [0.15, 0.2) is 0 Å². The summed E-state index contributed by atoms with van der Waals surface area (Å²) in [7, 11) is 0. The molecule has 5 fully saturated rings. The smallest absolute Gasteiger partial charge is 0.0728 e. The Morgan fingerprint density at radius 1 is 0.660 bits per heavy atom. The summed E-state index contributed by atoms with van der Waals surface area (Å²) in [5, 5.41) is 6.20. The van der Waals surface area contributed by atoms with E-state index in [1.807, 2.05) is 0 Å². The van der Waals surface area contributed by atoms with Crippen LogP contribution in [0, 0.1) is 29.1 Å². The Hall–Kier alpha value is -3.46. The Labute approximate surface area is 275 Å². The lowest BCUT2D eigenvalue weighted by molar-refractivity contribution is 0.00321. The van der Waals surface area contributed by atoms with Crippen LogP contribution in [-0.2, 0) is 5.41 Å². The van der Waals surface area contributed by atoms with Crippen LogP contribution < -0.4 is 0 Å². The summed E-state index contributed by atoms with van der Waals surface area (Å²) in [5.74, 6) is 6.36. The molecule has 2 aromatic carbocycles. The molecule has 232 valence electrons. The topological polar surface area (TPSA) is 30.2 Å². The normalized spacial score (nSPS) is 37.4. The van der Waals surface area contributed by atoms with Crippen molar-refractivity contribution in [1.29, 1.82) is 0 Å². The lowest BCUT2D eigenvalue weighted by atomic mass is 9.56. The first-order chi connectivity index (χ1) is 23.0. The second-order valence-corrected chi connectivity index (χ2v) is 18.7. The predicted octanol–water partition coefficient (Wildman–Crippen LogP) is 10.7. The van der Waals surface area contributed by atoms with Crippen molar-refractivity contribution in [3.05, 3.63) is 76.4 Å². The van der Waals surface area contributed by atoms with E-state index in [0.717, 1.165) is 23.7 Å². The molecule has 9 aliphatic rings. The van der Waals surface area contributed by atoms with Crippen LogP contribution in [0.15, 0.2) is 42.7 Å². The predicted molar refractivity (Wildman–Crippen MR) is 188 cm³/mol. The first kappa shape index (κ1) is 24.6. The first-order valence-electron chi connectivity index (χ1n) is 19.2. The summed E-state index contributed by atoms with van der Waals surface area (Å²) in [6.45, 7) is 4.99. The van der Waals surface area contributed by atoms with Crippen LogP contribution in [0.3, 0.4) is 0 Å². The maximum absolute atomic E-state index is 5.55. The molecule has 0 aliphatic heterocycles. The van der Waals surface area contributed by atoms with E-state index in [-0.39, 0.29) is 5.41 Å². The number of rotatable bonds is 0. The van der Waals surface area contributed by atoms with Gasteiger partial charge in [0.25, 0.3) is 0 Å². The molecule has 3 nitrogen and oxygen atoms in total. The Bertz CT molecular complexity index is 2470. The van der Waals surface area contributed by atoms with Gasteiger partial charge in [0, 0.05) is 50.2 Å². The molecule has 5 saturated carbocycles. The van der Waals surface area contributed by atoms with Gasteiger partial charge in [-0.05, 0) is 145 Å². The third-order valence-electron chi connectivity index (χ3n) is 16.6. The molecule has 7 atom stereocenters. The molecule has 15 rings (SSSR count). The highest BCUT2D eigenvalue weighted by molar-refractivity contribution is 6.29. The standard InChI is InChI=1S/C44H41N3/c1-43(2)30-6-4-3-5-28(30)36-31(43)15-29-37-32(18-45-40-23-10-20-7-21(11-23)9-22(8-20)34(37)40)47-33-19-46-41-25-13-27-14-26-12-24(16-44(26,27)17-25)35(41)38(33)39(36)42(29)47/h3-6,15,18-27H,7-14,16-17H2,1-2H3. The highest BCUT2D eigenvalue weighted by Crippen LogP contribution is 2.76. The van der Waals surface area contributed by atoms with Crippen molar-refractivity contribution < 1.29 is 0 Å². The van der Waals surface area contributed by atoms with E-state index in [0.29, 0.717) is 29.1 Å². The molecule has 1 spiro atoms. The van der Waals surface area contributed by atoms with Gasteiger partial charge >= 0.3 is 0 Å². The SMILES string of the molecule is CC1(C)c2ccccc2-c2c1cc1c3c4c(ncc3n3c5cnc6c(c5c2c13)C1CC2CC3CC6CC32C1)C1CC2CC(C1)CC4C2. The Morgan fingerprint density at radius 2 is 1.34 bits per heavy atom. The molecule has 7 unspecified atom stereocenters. The van der Waals surface area contributed by atoms with Crippen molar-refractivity contribution in [1.82, 2.24) is 14.4 Å². The van der Waals surface area contributed by atoms with Gasteiger partial charge in [-0.3, -0.25) is 9.97 Å². The fourth-order valence-corrected chi connectivity index (χ4v) is 15.2. The summed E-state index contributed by atoms with van der Waals surface area (Å²) in [5.41, 5.74) is 17.1. The number of fused-ring (bicyclic) bond motifs is 16. The number of aromatic nitrogens is 3. The van der Waals surface area contributed by atoms with Crippen LogP contribution in [0.25, 0.3) is 49.2 Å². The molecule has 4 heterocycles. The van der Waals surface area contributed by atoms with Gasteiger partial charge < -0.3 is 4.40 Å². The monoisotopic (exact) mass is 611 g/mol. The average Bonchev–Trinajstić information content (AvgIpc) is 3.77. The lowest BCUT2D eigenvalue weighted by Crippen LogP contribution is -2.41. The van der Waals surface area contributed by atoms with Gasteiger partial charge in [0.05, 0.1) is 28.9 Å². The zero-order valence-corrected chi connectivity index (χ0v) is 27.6. The molecular weight excluding hydrogens is 571 g/mol. The minimum atomic E-state index is -0.0308. The van der Waals surface area contributed by atoms with Crippen molar-refractivity contribution in [2.24, 2.45) is 29.1 Å². The van der Waals surface area contributed by atoms with Gasteiger partial charge in [-0.25, -0.2) is 0 Å². The van der Waals surface area contributed by atoms with Crippen molar-refractivity contribution >= 4 is 38.1 Å². The van der Waals surface area contributed by atoms with Gasteiger partial charge in [-0.15, -0.1) is 0 Å². The van der Waals surface area contributed by atoms with E-state index in [1.54, 1.807) is 32.8 Å². The fraction of sp³-hybridized carbons (Fsp3) is 0.500. The largest absolute Gasteiger partial charge is 0.305 e. The Balaban J connectivity index is 1.20. The lowest BCUT2D eigenvalue weighted by Gasteiger charge is -2.48. The summed E-state index contributed by atoms with van der Waals surface area (Å²) >= 11 is 0. The summed E-state index contributed by atoms with van der Waals surface area (Å²) < 4.78 is 2.69. The summed E-state index contributed by atoms with van der Waals surface area (Å²) in [6, 6.07) is 12.1.